The Balaban J connectivity index is 1.52. The number of amides is 1. The van der Waals surface area contributed by atoms with E-state index in [4.69, 9.17) is 9.47 Å². The summed E-state index contributed by atoms with van der Waals surface area (Å²) in [4.78, 5) is 16.7. The number of hydrogen-bond donors (Lipinski definition) is 2. The zero-order valence-electron chi connectivity index (χ0n) is 18.9. The van der Waals surface area contributed by atoms with E-state index in [1.54, 1.807) is 36.5 Å². The van der Waals surface area contributed by atoms with Crippen molar-refractivity contribution in [2.75, 3.05) is 5.43 Å². The van der Waals surface area contributed by atoms with E-state index >= 15 is 0 Å². The van der Waals surface area contributed by atoms with Crippen LogP contribution in [0.5, 0.6) is 11.5 Å². The van der Waals surface area contributed by atoms with Gasteiger partial charge in [-0.2, -0.15) is 0 Å². The molecule has 1 aliphatic rings. The molecule has 1 amide bonds. The van der Waals surface area contributed by atoms with Crippen LogP contribution in [-0.2, 0) is 5.79 Å². The van der Waals surface area contributed by atoms with E-state index in [1.807, 2.05) is 32.0 Å². The molecule has 0 aliphatic carbocycles. The first kappa shape index (κ1) is 22.3. The predicted molar refractivity (Wildman–Crippen MR) is 126 cm³/mol. The van der Waals surface area contributed by atoms with Gasteiger partial charge in [-0.3, -0.25) is 15.6 Å². The summed E-state index contributed by atoms with van der Waals surface area (Å²) >= 11 is 0. The van der Waals surface area contributed by atoms with Crippen LogP contribution in [0.15, 0.2) is 79.0 Å². The molecule has 1 aromatic heterocycles. The number of nitrogens with one attached hydrogen (secondary N) is 2. The van der Waals surface area contributed by atoms with E-state index in [2.05, 4.69) is 15.8 Å². The second-order valence-electron chi connectivity index (χ2n) is 8.22. The monoisotopic (exact) mass is 473 g/mol. The highest BCUT2D eigenvalue weighted by atomic mass is 19.1. The van der Waals surface area contributed by atoms with Crippen LogP contribution in [0.1, 0.15) is 32.6 Å². The SMILES string of the molecule is Cc1ccc(C2(c3ccc(F)cc3)Oc3cc(F)c(C(=O)NNc4ccccn4)cc3O2)c(C)c1. The number of benzene rings is 3. The molecule has 0 radical (unpaired) electrons. The number of anilines is 1. The molecule has 0 fully saturated rings. The average molecular weight is 473 g/mol. The van der Waals surface area contributed by atoms with Crippen LogP contribution in [-0.4, -0.2) is 10.9 Å². The van der Waals surface area contributed by atoms with Gasteiger partial charge in [-0.1, -0.05) is 29.8 Å². The maximum absolute atomic E-state index is 15.0. The Morgan fingerprint density at radius 3 is 2.34 bits per heavy atom. The molecule has 0 bridgehead atoms. The standard InChI is InChI=1S/C27H21F2N3O3/c1-16-6-11-21(17(2)13-16)27(18-7-9-19(28)10-8-18)34-23-14-20(22(29)15-24(23)35-27)26(33)32-31-25-5-3-4-12-30-25/h3-15H,1-2H3,(H,30,31)(H,32,33). The number of carbonyl (C=O) groups is 1. The smallest absolute Gasteiger partial charge is 0.305 e. The number of rotatable bonds is 5. The van der Waals surface area contributed by atoms with Crippen molar-refractivity contribution < 1.29 is 23.0 Å². The fraction of sp³-hybridized carbons (Fsp3) is 0.111. The molecular formula is C27H21F2N3O3. The molecule has 5 rings (SSSR count). The number of nitrogens with zero attached hydrogens (tertiary/aromatic N) is 1. The van der Waals surface area contributed by atoms with Gasteiger partial charge in [-0.15, -0.1) is 0 Å². The minimum absolute atomic E-state index is 0.126. The van der Waals surface area contributed by atoms with Crippen LogP contribution >= 0.6 is 0 Å². The highest BCUT2D eigenvalue weighted by Crippen LogP contribution is 2.49. The summed E-state index contributed by atoms with van der Waals surface area (Å²) in [5.74, 6) is -2.70. The van der Waals surface area contributed by atoms with E-state index in [1.165, 1.54) is 18.2 Å². The van der Waals surface area contributed by atoms with Gasteiger partial charge >= 0.3 is 5.79 Å². The first-order valence-electron chi connectivity index (χ1n) is 10.9. The summed E-state index contributed by atoms with van der Waals surface area (Å²) in [6.07, 6.45) is 1.55. The lowest BCUT2D eigenvalue weighted by molar-refractivity contribution is -0.0465. The summed E-state index contributed by atoms with van der Waals surface area (Å²) < 4.78 is 41.2. The van der Waals surface area contributed by atoms with E-state index in [0.29, 0.717) is 16.9 Å². The summed E-state index contributed by atoms with van der Waals surface area (Å²) in [6, 6.07) is 19.0. The van der Waals surface area contributed by atoms with Gasteiger partial charge in [0.05, 0.1) is 5.56 Å². The number of halogens is 2. The molecular weight excluding hydrogens is 452 g/mol. The second kappa shape index (κ2) is 8.72. The van der Waals surface area contributed by atoms with E-state index in [0.717, 1.165) is 17.2 Å². The van der Waals surface area contributed by atoms with Gasteiger partial charge in [0, 0.05) is 23.4 Å². The number of fused-ring (bicyclic) bond motifs is 1. The first-order chi connectivity index (χ1) is 16.9. The Kier molecular flexibility index (Phi) is 5.56. The maximum atomic E-state index is 15.0. The minimum Gasteiger partial charge on any atom is -0.440 e. The molecule has 1 unspecified atom stereocenters. The lowest BCUT2D eigenvalue weighted by Crippen LogP contribution is -2.37. The predicted octanol–water partition coefficient (Wildman–Crippen LogP) is 5.41. The molecule has 0 saturated carbocycles. The molecule has 2 N–H and O–H groups in total. The molecule has 1 aliphatic heterocycles. The van der Waals surface area contributed by atoms with Crippen LogP contribution in [0.2, 0.25) is 0 Å². The third-order valence-electron chi connectivity index (χ3n) is 5.72. The molecule has 0 saturated heterocycles. The highest BCUT2D eigenvalue weighted by molar-refractivity contribution is 5.95. The number of ether oxygens (including phenoxy) is 2. The van der Waals surface area contributed by atoms with Crippen molar-refractivity contribution in [3.05, 3.63) is 118 Å². The number of pyridine rings is 1. The topological polar surface area (TPSA) is 72.5 Å². The zero-order valence-corrected chi connectivity index (χ0v) is 18.9. The number of aryl methyl sites for hydroxylation is 2. The van der Waals surface area contributed by atoms with Crippen molar-refractivity contribution in [3.8, 4) is 11.5 Å². The molecule has 8 heteroatoms. The third kappa shape index (κ3) is 4.14. The fourth-order valence-electron chi connectivity index (χ4n) is 4.06. The fourth-order valence-corrected chi connectivity index (χ4v) is 4.06. The number of aromatic nitrogens is 1. The molecule has 1 atom stereocenters. The largest absolute Gasteiger partial charge is 0.440 e. The minimum atomic E-state index is -1.48. The Morgan fingerprint density at radius 2 is 1.66 bits per heavy atom. The van der Waals surface area contributed by atoms with E-state index in [9.17, 15) is 13.6 Å². The molecule has 3 aromatic carbocycles. The van der Waals surface area contributed by atoms with Crippen LogP contribution in [0.25, 0.3) is 0 Å². The van der Waals surface area contributed by atoms with Crippen LogP contribution in [0, 0.1) is 25.5 Å². The normalized spacial score (nSPS) is 16.1. The van der Waals surface area contributed by atoms with Crippen molar-refractivity contribution in [3.63, 3.8) is 0 Å². The Bertz CT molecular complexity index is 1410. The summed E-state index contributed by atoms with van der Waals surface area (Å²) in [5.41, 5.74) is 7.93. The van der Waals surface area contributed by atoms with E-state index in [-0.39, 0.29) is 17.1 Å². The van der Waals surface area contributed by atoms with Crippen molar-refractivity contribution in [1.82, 2.24) is 10.4 Å². The molecule has 0 spiro atoms. The van der Waals surface area contributed by atoms with Crippen molar-refractivity contribution in [1.29, 1.82) is 0 Å². The molecule has 176 valence electrons. The lowest BCUT2D eigenvalue weighted by Gasteiger charge is -2.30. The summed E-state index contributed by atoms with van der Waals surface area (Å²) in [6.45, 7) is 3.87. The summed E-state index contributed by atoms with van der Waals surface area (Å²) in [5, 5.41) is 0. The molecule has 35 heavy (non-hydrogen) atoms. The average Bonchev–Trinajstić information content (AvgIpc) is 3.22. The quantitative estimate of drug-likeness (QED) is 0.380. The van der Waals surface area contributed by atoms with Crippen LogP contribution in [0.3, 0.4) is 0 Å². The van der Waals surface area contributed by atoms with Crippen molar-refractivity contribution in [2.45, 2.75) is 19.6 Å². The van der Waals surface area contributed by atoms with Crippen molar-refractivity contribution in [2.24, 2.45) is 0 Å². The number of carbonyl (C=O) groups excluding carboxylic acids is 1. The molecule has 4 aromatic rings. The van der Waals surface area contributed by atoms with E-state index < -0.39 is 23.3 Å². The maximum Gasteiger partial charge on any atom is 0.305 e. The molecule has 2 heterocycles. The van der Waals surface area contributed by atoms with Gasteiger partial charge in [0.15, 0.2) is 11.5 Å². The van der Waals surface area contributed by atoms with Gasteiger partial charge in [0.1, 0.15) is 17.5 Å². The van der Waals surface area contributed by atoms with Gasteiger partial charge in [-0.25, -0.2) is 13.8 Å². The lowest BCUT2D eigenvalue weighted by atomic mass is 9.92. The second-order valence-corrected chi connectivity index (χ2v) is 8.22. The molecule has 6 nitrogen and oxygen atoms in total. The van der Waals surface area contributed by atoms with Gasteiger partial charge in [0.2, 0.25) is 0 Å². The van der Waals surface area contributed by atoms with Gasteiger partial charge in [0.25, 0.3) is 5.91 Å². The first-order valence-corrected chi connectivity index (χ1v) is 10.9. The number of hydrogen-bond acceptors (Lipinski definition) is 5. The third-order valence-corrected chi connectivity index (χ3v) is 5.72. The Morgan fingerprint density at radius 1 is 0.914 bits per heavy atom. The van der Waals surface area contributed by atoms with Gasteiger partial charge in [-0.05, 0) is 61.9 Å². The zero-order chi connectivity index (χ0) is 24.6. The Labute approximate surface area is 200 Å². The van der Waals surface area contributed by atoms with Gasteiger partial charge < -0.3 is 9.47 Å². The van der Waals surface area contributed by atoms with Crippen LogP contribution in [0.4, 0.5) is 14.6 Å². The summed E-state index contributed by atoms with van der Waals surface area (Å²) in [7, 11) is 0. The number of hydrazine groups is 1. The van der Waals surface area contributed by atoms with Crippen molar-refractivity contribution >= 4 is 11.7 Å². The van der Waals surface area contributed by atoms with Crippen LogP contribution < -0.4 is 20.3 Å². The highest BCUT2D eigenvalue weighted by Gasteiger charge is 2.47. The Hall–Kier alpha value is -4.46.